The first-order chi connectivity index (χ1) is 7.08. The van der Waals surface area contributed by atoms with E-state index in [0.717, 1.165) is 5.69 Å². The molecule has 2 rings (SSSR count). The van der Waals surface area contributed by atoms with Gasteiger partial charge in [-0.1, -0.05) is 11.6 Å². The predicted molar refractivity (Wildman–Crippen MR) is 60.1 cm³/mol. The first kappa shape index (κ1) is 10.7. The second-order valence-electron chi connectivity index (χ2n) is 3.47. The minimum Gasteiger partial charge on any atom is -0.368 e. The van der Waals surface area contributed by atoms with Crippen LogP contribution < -0.4 is 4.90 Å². The van der Waals surface area contributed by atoms with Gasteiger partial charge in [-0.05, 0) is 6.07 Å². The molecule has 1 aromatic heterocycles. The smallest absolute Gasteiger partial charge is 0.153 e. The summed E-state index contributed by atoms with van der Waals surface area (Å²) in [7, 11) is -2.84. The van der Waals surface area contributed by atoms with Gasteiger partial charge in [-0.15, -0.1) is 0 Å². The Morgan fingerprint density at radius 2 is 2.00 bits per heavy atom. The zero-order chi connectivity index (χ0) is 10.9. The molecular weight excluding hydrogens is 236 g/mol. The van der Waals surface area contributed by atoms with Crippen molar-refractivity contribution in [3.8, 4) is 0 Å². The van der Waals surface area contributed by atoms with Crippen molar-refractivity contribution in [2.24, 2.45) is 0 Å². The minimum atomic E-state index is -2.84. The summed E-state index contributed by atoms with van der Waals surface area (Å²) in [6.45, 7) is 1.01. The second kappa shape index (κ2) is 3.98. The van der Waals surface area contributed by atoms with E-state index in [1.165, 1.54) is 0 Å². The molecule has 15 heavy (non-hydrogen) atoms. The number of sulfone groups is 1. The van der Waals surface area contributed by atoms with Crippen LogP contribution in [-0.4, -0.2) is 38.0 Å². The molecule has 0 aliphatic carbocycles. The molecule has 4 nitrogen and oxygen atoms in total. The van der Waals surface area contributed by atoms with E-state index in [0.29, 0.717) is 18.1 Å². The largest absolute Gasteiger partial charge is 0.368 e. The number of anilines is 1. The van der Waals surface area contributed by atoms with E-state index in [1.807, 2.05) is 4.90 Å². The fourth-order valence-electron chi connectivity index (χ4n) is 1.58. The highest BCUT2D eigenvalue weighted by molar-refractivity contribution is 7.91. The highest BCUT2D eigenvalue weighted by Crippen LogP contribution is 2.25. The van der Waals surface area contributed by atoms with E-state index in [2.05, 4.69) is 4.98 Å². The molecule has 0 unspecified atom stereocenters. The third-order valence-electron chi connectivity index (χ3n) is 2.44. The molecule has 0 aromatic carbocycles. The van der Waals surface area contributed by atoms with Crippen LogP contribution in [0.25, 0.3) is 0 Å². The van der Waals surface area contributed by atoms with Crippen molar-refractivity contribution in [2.45, 2.75) is 0 Å². The van der Waals surface area contributed by atoms with Crippen LogP contribution in [0.3, 0.4) is 0 Å². The van der Waals surface area contributed by atoms with Crippen molar-refractivity contribution in [1.29, 1.82) is 0 Å². The van der Waals surface area contributed by atoms with Crippen LogP contribution in [0.1, 0.15) is 0 Å². The Kier molecular flexibility index (Phi) is 2.84. The predicted octanol–water partition coefficient (Wildman–Crippen LogP) is 0.970. The average Bonchev–Trinajstić information content (AvgIpc) is 2.19. The summed E-state index contributed by atoms with van der Waals surface area (Å²) in [5.74, 6) is 0.400. The van der Waals surface area contributed by atoms with E-state index < -0.39 is 9.84 Å². The van der Waals surface area contributed by atoms with Crippen molar-refractivity contribution in [1.82, 2.24) is 4.98 Å². The van der Waals surface area contributed by atoms with Crippen molar-refractivity contribution in [2.75, 3.05) is 29.5 Å². The maximum absolute atomic E-state index is 11.2. The first-order valence-electron chi connectivity index (χ1n) is 4.63. The Morgan fingerprint density at radius 1 is 1.33 bits per heavy atom. The number of rotatable bonds is 1. The van der Waals surface area contributed by atoms with Gasteiger partial charge < -0.3 is 4.90 Å². The molecule has 0 N–H and O–H groups in total. The van der Waals surface area contributed by atoms with Gasteiger partial charge in [0.2, 0.25) is 0 Å². The van der Waals surface area contributed by atoms with Crippen molar-refractivity contribution >= 4 is 27.1 Å². The van der Waals surface area contributed by atoms with Crippen LogP contribution in [0, 0.1) is 0 Å². The Morgan fingerprint density at radius 3 is 2.60 bits per heavy atom. The van der Waals surface area contributed by atoms with Crippen LogP contribution in [0.15, 0.2) is 18.5 Å². The van der Waals surface area contributed by atoms with E-state index in [1.54, 1.807) is 18.5 Å². The number of pyridine rings is 1. The van der Waals surface area contributed by atoms with Crippen LogP contribution in [-0.2, 0) is 9.84 Å². The molecule has 1 aromatic rings. The molecule has 2 heterocycles. The third-order valence-corrected chi connectivity index (χ3v) is 4.34. The van der Waals surface area contributed by atoms with Crippen molar-refractivity contribution in [3.63, 3.8) is 0 Å². The van der Waals surface area contributed by atoms with Crippen molar-refractivity contribution in [3.05, 3.63) is 23.5 Å². The summed E-state index contributed by atoms with van der Waals surface area (Å²) in [6, 6.07) is 1.81. The Labute approximate surface area is 93.8 Å². The molecule has 0 amide bonds. The summed E-state index contributed by atoms with van der Waals surface area (Å²) >= 11 is 5.98. The second-order valence-corrected chi connectivity index (χ2v) is 6.18. The first-order valence-corrected chi connectivity index (χ1v) is 6.83. The maximum Gasteiger partial charge on any atom is 0.153 e. The molecule has 0 saturated carbocycles. The van der Waals surface area contributed by atoms with E-state index in [-0.39, 0.29) is 11.5 Å². The summed E-state index contributed by atoms with van der Waals surface area (Å²) in [5, 5.41) is 0.566. The molecule has 82 valence electrons. The van der Waals surface area contributed by atoms with E-state index in [9.17, 15) is 8.42 Å². The standard InChI is InChI=1S/C9H11ClN2O2S/c10-8-7-11-2-1-9(8)12-3-5-15(13,14)6-4-12/h1-2,7H,3-6H2. The average molecular weight is 247 g/mol. The van der Waals surface area contributed by atoms with Gasteiger partial charge in [0.05, 0.1) is 22.2 Å². The molecule has 0 spiro atoms. The lowest BCUT2D eigenvalue weighted by Crippen LogP contribution is -2.40. The van der Waals surface area contributed by atoms with Gasteiger partial charge in [0.25, 0.3) is 0 Å². The number of halogens is 1. The number of aromatic nitrogens is 1. The fraction of sp³-hybridized carbons (Fsp3) is 0.444. The lowest BCUT2D eigenvalue weighted by atomic mass is 10.3. The molecule has 1 aliphatic heterocycles. The highest BCUT2D eigenvalue weighted by Gasteiger charge is 2.22. The number of nitrogens with zero attached hydrogens (tertiary/aromatic N) is 2. The fourth-order valence-corrected chi connectivity index (χ4v) is 3.02. The minimum absolute atomic E-state index is 0.200. The van der Waals surface area contributed by atoms with E-state index in [4.69, 9.17) is 11.6 Å². The molecule has 6 heteroatoms. The highest BCUT2D eigenvalue weighted by atomic mass is 35.5. The summed E-state index contributed by atoms with van der Waals surface area (Å²) < 4.78 is 22.5. The van der Waals surface area contributed by atoms with Gasteiger partial charge in [-0.25, -0.2) is 8.42 Å². The van der Waals surface area contributed by atoms with Gasteiger partial charge in [-0.2, -0.15) is 0 Å². The van der Waals surface area contributed by atoms with Gasteiger partial charge in [0.15, 0.2) is 9.84 Å². The quantitative estimate of drug-likeness (QED) is 0.741. The molecule has 1 aliphatic rings. The molecule has 0 radical (unpaired) electrons. The Balaban J connectivity index is 2.18. The SMILES string of the molecule is O=S1(=O)CCN(c2ccncc2Cl)CC1. The molecule has 1 saturated heterocycles. The summed E-state index contributed by atoms with van der Waals surface area (Å²) in [5.41, 5.74) is 0.863. The zero-order valence-corrected chi connectivity index (χ0v) is 9.63. The number of hydrogen-bond acceptors (Lipinski definition) is 4. The lowest BCUT2D eigenvalue weighted by Gasteiger charge is -2.29. The van der Waals surface area contributed by atoms with E-state index >= 15 is 0 Å². The Hall–Kier alpha value is -0.810. The Bertz CT molecular complexity index is 447. The molecule has 0 atom stereocenters. The number of hydrogen-bond donors (Lipinski definition) is 0. The van der Waals surface area contributed by atoms with Crippen LogP contribution in [0.4, 0.5) is 5.69 Å². The molecule has 0 bridgehead atoms. The monoisotopic (exact) mass is 246 g/mol. The lowest BCUT2D eigenvalue weighted by molar-refractivity contribution is 0.587. The van der Waals surface area contributed by atoms with Gasteiger partial charge in [0, 0.05) is 25.5 Å². The zero-order valence-electron chi connectivity index (χ0n) is 8.06. The molecular formula is C9H11ClN2O2S. The van der Waals surface area contributed by atoms with Crippen LogP contribution in [0.5, 0.6) is 0 Å². The van der Waals surface area contributed by atoms with Gasteiger partial charge in [-0.3, -0.25) is 4.98 Å². The maximum atomic E-state index is 11.2. The van der Waals surface area contributed by atoms with Gasteiger partial charge >= 0.3 is 0 Å². The summed E-state index contributed by atoms with van der Waals surface area (Å²) in [4.78, 5) is 5.87. The summed E-state index contributed by atoms with van der Waals surface area (Å²) in [6.07, 6.45) is 3.23. The molecule has 1 fully saturated rings. The van der Waals surface area contributed by atoms with Crippen LogP contribution >= 0.6 is 11.6 Å². The van der Waals surface area contributed by atoms with Gasteiger partial charge in [0.1, 0.15) is 0 Å². The van der Waals surface area contributed by atoms with Crippen molar-refractivity contribution < 1.29 is 8.42 Å². The third kappa shape index (κ3) is 2.41. The topological polar surface area (TPSA) is 50.3 Å². The van der Waals surface area contributed by atoms with Crippen LogP contribution in [0.2, 0.25) is 5.02 Å². The normalized spacial score (nSPS) is 20.2.